The molecule has 0 bridgehead atoms. The zero-order valence-electron chi connectivity index (χ0n) is 13.9. The van der Waals surface area contributed by atoms with Crippen molar-refractivity contribution in [3.8, 4) is 0 Å². The van der Waals surface area contributed by atoms with E-state index in [1.165, 1.54) is 6.42 Å². The van der Waals surface area contributed by atoms with Gasteiger partial charge < -0.3 is 10.1 Å². The van der Waals surface area contributed by atoms with Crippen LogP contribution in [0, 0.1) is 5.92 Å². The van der Waals surface area contributed by atoms with Crippen LogP contribution in [0.1, 0.15) is 58.1 Å². The Morgan fingerprint density at radius 2 is 2.09 bits per heavy atom. The third kappa shape index (κ3) is 6.37. The second-order valence-electron chi connectivity index (χ2n) is 5.55. The van der Waals surface area contributed by atoms with Crippen LogP contribution >= 0.6 is 11.6 Å². The van der Waals surface area contributed by atoms with Crippen molar-refractivity contribution in [2.75, 3.05) is 13.2 Å². The predicted molar refractivity (Wildman–Crippen MR) is 92.1 cm³/mol. The van der Waals surface area contributed by atoms with Gasteiger partial charge in [-0.05, 0) is 37.0 Å². The molecule has 1 unspecified atom stereocenters. The number of unbranched alkanes of at least 4 members (excludes halogenated alkanes) is 1. The van der Waals surface area contributed by atoms with Crippen molar-refractivity contribution >= 4 is 17.5 Å². The number of carbonyl (C=O) groups is 1. The molecule has 1 aromatic rings. The summed E-state index contributed by atoms with van der Waals surface area (Å²) in [7, 11) is 0. The normalized spacial score (nSPS) is 13.6. The number of hydrogen-bond donors (Lipinski definition) is 1. The van der Waals surface area contributed by atoms with Gasteiger partial charge in [-0.25, -0.2) is 0 Å². The van der Waals surface area contributed by atoms with Gasteiger partial charge in [0, 0.05) is 11.6 Å². The molecule has 22 heavy (non-hydrogen) atoms. The lowest BCUT2D eigenvalue weighted by Crippen LogP contribution is -2.29. The fourth-order valence-electron chi connectivity index (χ4n) is 2.64. The zero-order valence-corrected chi connectivity index (χ0v) is 14.7. The summed E-state index contributed by atoms with van der Waals surface area (Å²) in [4.78, 5) is 11.7. The number of halogens is 1. The number of benzene rings is 1. The van der Waals surface area contributed by atoms with E-state index in [1.807, 2.05) is 31.2 Å². The van der Waals surface area contributed by atoms with Crippen molar-refractivity contribution in [3.05, 3.63) is 34.9 Å². The number of amides is 1. The third-order valence-electron chi connectivity index (χ3n) is 3.83. The standard InChI is InChI=1S/C18H28ClNO2/c1-4-7-9-14(5-2)18(22-13-17(21)20-6-3)15-10-8-11-16(19)12-15/h8,10-12,14,18H,4-7,9,13H2,1-3H3,(H,20,21)/t14-,18?/m0/s1. The molecule has 1 amide bonds. The molecule has 0 radical (unpaired) electrons. The Morgan fingerprint density at radius 3 is 2.68 bits per heavy atom. The quantitative estimate of drug-likeness (QED) is 0.674. The molecule has 0 aromatic heterocycles. The van der Waals surface area contributed by atoms with E-state index in [4.69, 9.17) is 16.3 Å². The number of carbonyl (C=O) groups excluding carboxylic acids is 1. The molecule has 2 atom stereocenters. The first-order chi connectivity index (χ1) is 10.6. The average Bonchev–Trinajstić information content (AvgIpc) is 2.50. The maximum Gasteiger partial charge on any atom is 0.246 e. The van der Waals surface area contributed by atoms with Crippen LogP contribution in [0.15, 0.2) is 24.3 Å². The lowest BCUT2D eigenvalue weighted by molar-refractivity contribution is -0.129. The lowest BCUT2D eigenvalue weighted by Gasteiger charge is -2.27. The number of likely N-dealkylation sites (N-methyl/N-ethyl adjacent to an activating group) is 1. The van der Waals surface area contributed by atoms with Crippen LogP contribution in [0.4, 0.5) is 0 Å². The van der Waals surface area contributed by atoms with E-state index in [2.05, 4.69) is 19.2 Å². The third-order valence-corrected chi connectivity index (χ3v) is 4.06. The number of hydrogen-bond acceptors (Lipinski definition) is 2. The minimum atomic E-state index is -0.0853. The second-order valence-corrected chi connectivity index (χ2v) is 5.99. The summed E-state index contributed by atoms with van der Waals surface area (Å²) in [5, 5.41) is 3.48. The summed E-state index contributed by atoms with van der Waals surface area (Å²) in [6, 6.07) is 7.77. The van der Waals surface area contributed by atoms with E-state index in [0.29, 0.717) is 17.5 Å². The summed E-state index contributed by atoms with van der Waals surface area (Å²) in [6.07, 6.45) is 4.36. The molecule has 4 heteroatoms. The summed E-state index contributed by atoms with van der Waals surface area (Å²) >= 11 is 6.12. The van der Waals surface area contributed by atoms with Crippen LogP contribution in [0.2, 0.25) is 5.02 Å². The van der Waals surface area contributed by atoms with Gasteiger partial charge in [0.2, 0.25) is 5.91 Å². The van der Waals surface area contributed by atoms with Gasteiger partial charge in [-0.3, -0.25) is 4.79 Å². The first kappa shape index (κ1) is 19.0. The van der Waals surface area contributed by atoms with Crippen molar-refractivity contribution in [2.24, 2.45) is 5.92 Å². The fraction of sp³-hybridized carbons (Fsp3) is 0.611. The van der Waals surface area contributed by atoms with Crippen LogP contribution in [-0.2, 0) is 9.53 Å². The monoisotopic (exact) mass is 325 g/mol. The molecule has 3 nitrogen and oxygen atoms in total. The molecule has 0 aliphatic rings. The summed E-state index contributed by atoms with van der Waals surface area (Å²) in [5.41, 5.74) is 1.06. The summed E-state index contributed by atoms with van der Waals surface area (Å²) < 4.78 is 5.98. The molecular formula is C18H28ClNO2. The summed E-state index contributed by atoms with van der Waals surface area (Å²) in [5.74, 6) is 0.327. The minimum absolute atomic E-state index is 0.0696. The van der Waals surface area contributed by atoms with E-state index in [-0.39, 0.29) is 18.6 Å². The molecule has 0 aliphatic carbocycles. The molecule has 0 spiro atoms. The van der Waals surface area contributed by atoms with Gasteiger partial charge in [0.15, 0.2) is 0 Å². The van der Waals surface area contributed by atoms with Gasteiger partial charge >= 0.3 is 0 Å². The van der Waals surface area contributed by atoms with Crippen molar-refractivity contribution < 1.29 is 9.53 Å². The van der Waals surface area contributed by atoms with Crippen LogP contribution < -0.4 is 5.32 Å². The van der Waals surface area contributed by atoms with Crippen molar-refractivity contribution in [3.63, 3.8) is 0 Å². The van der Waals surface area contributed by atoms with Gasteiger partial charge in [-0.15, -0.1) is 0 Å². The van der Waals surface area contributed by atoms with E-state index in [9.17, 15) is 4.79 Å². The molecule has 0 saturated carbocycles. The van der Waals surface area contributed by atoms with Gasteiger partial charge in [0.25, 0.3) is 0 Å². The zero-order chi connectivity index (χ0) is 16.4. The average molecular weight is 326 g/mol. The van der Waals surface area contributed by atoms with Gasteiger partial charge in [-0.1, -0.05) is 56.8 Å². The Labute approximate surface area is 139 Å². The van der Waals surface area contributed by atoms with Crippen LogP contribution in [-0.4, -0.2) is 19.1 Å². The molecule has 1 N–H and O–H groups in total. The molecule has 0 saturated heterocycles. The maximum absolute atomic E-state index is 11.7. The molecule has 0 aliphatic heterocycles. The Hall–Kier alpha value is -1.06. The maximum atomic E-state index is 11.7. The predicted octanol–water partition coefficient (Wildman–Crippen LogP) is 4.75. The van der Waals surface area contributed by atoms with Gasteiger partial charge in [0.05, 0.1) is 6.10 Å². The van der Waals surface area contributed by atoms with E-state index in [1.54, 1.807) is 0 Å². The molecule has 1 rings (SSSR count). The highest BCUT2D eigenvalue weighted by atomic mass is 35.5. The van der Waals surface area contributed by atoms with Crippen LogP contribution in [0.25, 0.3) is 0 Å². The van der Waals surface area contributed by atoms with Crippen molar-refractivity contribution in [1.82, 2.24) is 5.32 Å². The first-order valence-electron chi connectivity index (χ1n) is 8.26. The Balaban J connectivity index is 2.85. The van der Waals surface area contributed by atoms with Crippen LogP contribution in [0.5, 0.6) is 0 Å². The highest BCUT2D eigenvalue weighted by molar-refractivity contribution is 6.30. The summed E-state index contributed by atoms with van der Waals surface area (Å²) in [6.45, 7) is 6.98. The number of nitrogens with one attached hydrogen (secondary N) is 1. The van der Waals surface area contributed by atoms with E-state index in [0.717, 1.165) is 24.8 Å². The Kier molecular flexibility index (Phi) is 9.17. The second kappa shape index (κ2) is 10.6. The van der Waals surface area contributed by atoms with Crippen molar-refractivity contribution in [2.45, 2.75) is 52.6 Å². The lowest BCUT2D eigenvalue weighted by atomic mass is 9.89. The van der Waals surface area contributed by atoms with E-state index >= 15 is 0 Å². The topological polar surface area (TPSA) is 38.3 Å². The molecular weight excluding hydrogens is 298 g/mol. The molecule has 0 heterocycles. The fourth-order valence-corrected chi connectivity index (χ4v) is 2.84. The number of rotatable bonds is 10. The highest BCUT2D eigenvalue weighted by Gasteiger charge is 2.23. The largest absolute Gasteiger partial charge is 0.363 e. The van der Waals surface area contributed by atoms with Gasteiger partial charge in [-0.2, -0.15) is 0 Å². The van der Waals surface area contributed by atoms with E-state index < -0.39 is 0 Å². The number of ether oxygens (including phenoxy) is 1. The first-order valence-corrected chi connectivity index (χ1v) is 8.63. The van der Waals surface area contributed by atoms with Crippen molar-refractivity contribution in [1.29, 1.82) is 0 Å². The SMILES string of the molecule is CCCC[C@H](CC)C(OCC(=O)NCC)c1cccc(Cl)c1. The molecule has 124 valence electrons. The molecule has 1 aromatic carbocycles. The molecule has 0 fully saturated rings. The minimum Gasteiger partial charge on any atom is -0.363 e. The smallest absolute Gasteiger partial charge is 0.246 e. The Morgan fingerprint density at radius 1 is 1.32 bits per heavy atom. The van der Waals surface area contributed by atoms with Gasteiger partial charge in [0.1, 0.15) is 6.61 Å². The van der Waals surface area contributed by atoms with Crippen LogP contribution in [0.3, 0.4) is 0 Å². The highest BCUT2D eigenvalue weighted by Crippen LogP contribution is 2.33. The Bertz CT molecular complexity index is 450.